The molecule has 0 bridgehead atoms. The zero-order valence-corrected chi connectivity index (χ0v) is 14.4. The van der Waals surface area contributed by atoms with E-state index in [2.05, 4.69) is 10.5 Å². The zero-order valence-electron chi connectivity index (χ0n) is 13.5. The lowest BCUT2D eigenvalue weighted by molar-refractivity contribution is -0.0138. The summed E-state index contributed by atoms with van der Waals surface area (Å²) in [6.07, 6.45) is -0.0381. The lowest BCUT2D eigenvalue weighted by atomic mass is 10.1. The van der Waals surface area contributed by atoms with Crippen molar-refractivity contribution in [2.75, 3.05) is 19.7 Å². The Morgan fingerprint density at radius 3 is 3.00 bits per heavy atom. The van der Waals surface area contributed by atoms with Crippen LogP contribution in [0.2, 0.25) is 0 Å². The van der Waals surface area contributed by atoms with Crippen LogP contribution in [-0.4, -0.2) is 35.8 Å². The molecule has 2 atom stereocenters. The predicted octanol–water partition coefficient (Wildman–Crippen LogP) is 3.20. The van der Waals surface area contributed by atoms with Crippen molar-refractivity contribution in [2.45, 2.75) is 32.9 Å². The average molecular weight is 335 g/mol. The standard InChI is InChI=1S/C16H21N3O3S/c1-10(15-11(2)18-22-12(15)3)17-16(20)19-6-7-21-13(9-19)14-5-4-8-23-14/h4-5,8,10,13H,6-7,9H2,1-3H3,(H,17,20)/t10-,13-/m0/s1. The summed E-state index contributed by atoms with van der Waals surface area (Å²) in [5, 5.41) is 9.00. The van der Waals surface area contributed by atoms with E-state index in [1.165, 1.54) is 0 Å². The number of nitrogens with zero attached hydrogens (tertiary/aromatic N) is 2. The second-order valence-electron chi connectivity index (χ2n) is 5.73. The van der Waals surface area contributed by atoms with Crippen LogP contribution in [0, 0.1) is 13.8 Å². The molecule has 1 aliphatic rings. The molecule has 3 heterocycles. The summed E-state index contributed by atoms with van der Waals surface area (Å²) >= 11 is 1.66. The molecule has 0 saturated carbocycles. The second-order valence-corrected chi connectivity index (χ2v) is 6.71. The van der Waals surface area contributed by atoms with Gasteiger partial charge in [-0.1, -0.05) is 11.2 Å². The van der Waals surface area contributed by atoms with Crippen molar-refractivity contribution in [1.82, 2.24) is 15.4 Å². The van der Waals surface area contributed by atoms with E-state index in [4.69, 9.17) is 9.26 Å². The Hall–Kier alpha value is -1.86. The SMILES string of the molecule is Cc1noc(C)c1[C@H](C)NC(=O)N1CCO[C@H](c2cccs2)C1. The van der Waals surface area contributed by atoms with Crippen molar-refractivity contribution in [3.05, 3.63) is 39.4 Å². The summed E-state index contributed by atoms with van der Waals surface area (Å²) in [5.74, 6) is 0.744. The highest BCUT2D eigenvalue weighted by atomic mass is 32.1. The smallest absolute Gasteiger partial charge is 0.318 e. The molecular weight excluding hydrogens is 314 g/mol. The maximum Gasteiger partial charge on any atom is 0.318 e. The third kappa shape index (κ3) is 3.40. The van der Waals surface area contributed by atoms with Gasteiger partial charge in [0.05, 0.1) is 24.9 Å². The molecule has 2 amide bonds. The van der Waals surface area contributed by atoms with Crippen LogP contribution >= 0.6 is 11.3 Å². The summed E-state index contributed by atoms with van der Waals surface area (Å²) in [4.78, 5) is 15.5. The number of aromatic nitrogens is 1. The average Bonchev–Trinajstić information content (AvgIpc) is 3.17. The molecule has 2 aromatic heterocycles. The van der Waals surface area contributed by atoms with E-state index in [-0.39, 0.29) is 18.2 Å². The van der Waals surface area contributed by atoms with Gasteiger partial charge in [-0.3, -0.25) is 0 Å². The van der Waals surface area contributed by atoms with Gasteiger partial charge in [-0.2, -0.15) is 0 Å². The summed E-state index contributed by atoms with van der Waals surface area (Å²) in [7, 11) is 0. The molecule has 1 fully saturated rings. The highest BCUT2D eigenvalue weighted by molar-refractivity contribution is 7.10. The number of thiophene rings is 1. The topological polar surface area (TPSA) is 67.6 Å². The first-order valence-corrected chi connectivity index (χ1v) is 8.57. The number of carbonyl (C=O) groups is 1. The van der Waals surface area contributed by atoms with Crippen LogP contribution in [0.1, 0.15) is 41.0 Å². The Balaban J connectivity index is 1.64. The number of aryl methyl sites for hydroxylation is 2. The molecule has 0 spiro atoms. The van der Waals surface area contributed by atoms with E-state index < -0.39 is 0 Å². The first-order valence-electron chi connectivity index (χ1n) is 7.69. The van der Waals surface area contributed by atoms with Crippen LogP contribution in [0.4, 0.5) is 4.79 Å². The Morgan fingerprint density at radius 1 is 1.52 bits per heavy atom. The Bertz CT molecular complexity index is 649. The van der Waals surface area contributed by atoms with Gasteiger partial charge < -0.3 is 19.5 Å². The van der Waals surface area contributed by atoms with Crippen LogP contribution in [0.15, 0.2) is 22.0 Å². The monoisotopic (exact) mass is 335 g/mol. The van der Waals surface area contributed by atoms with Crippen LogP contribution in [0.5, 0.6) is 0 Å². The van der Waals surface area contributed by atoms with Crippen LogP contribution < -0.4 is 5.32 Å². The van der Waals surface area contributed by atoms with Gasteiger partial charge in [0.25, 0.3) is 0 Å². The molecule has 1 saturated heterocycles. The first kappa shape index (κ1) is 16.0. The van der Waals surface area contributed by atoms with Crippen LogP contribution in [-0.2, 0) is 4.74 Å². The fourth-order valence-corrected chi connectivity index (χ4v) is 3.70. The van der Waals surface area contributed by atoms with E-state index in [1.54, 1.807) is 11.3 Å². The third-order valence-electron chi connectivity index (χ3n) is 4.08. The number of carbonyl (C=O) groups excluding carboxylic acids is 1. The number of amides is 2. The van der Waals surface area contributed by atoms with Gasteiger partial charge in [0.1, 0.15) is 11.9 Å². The van der Waals surface area contributed by atoms with Crippen molar-refractivity contribution >= 4 is 17.4 Å². The van der Waals surface area contributed by atoms with E-state index in [9.17, 15) is 4.79 Å². The number of nitrogens with one attached hydrogen (secondary N) is 1. The van der Waals surface area contributed by atoms with Crippen LogP contribution in [0.25, 0.3) is 0 Å². The maximum absolute atomic E-state index is 12.6. The van der Waals surface area contributed by atoms with Crippen molar-refractivity contribution in [3.63, 3.8) is 0 Å². The van der Waals surface area contributed by atoms with E-state index in [0.717, 1.165) is 21.9 Å². The molecule has 1 aliphatic heterocycles. The highest BCUT2D eigenvalue weighted by Gasteiger charge is 2.27. The van der Waals surface area contributed by atoms with E-state index in [0.29, 0.717) is 19.7 Å². The molecule has 0 unspecified atom stereocenters. The zero-order chi connectivity index (χ0) is 16.4. The van der Waals surface area contributed by atoms with Crippen molar-refractivity contribution < 1.29 is 14.1 Å². The van der Waals surface area contributed by atoms with Crippen molar-refractivity contribution in [1.29, 1.82) is 0 Å². The lowest BCUT2D eigenvalue weighted by Gasteiger charge is -2.33. The molecule has 23 heavy (non-hydrogen) atoms. The summed E-state index contributed by atoms with van der Waals surface area (Å²) in [5.41, 5.74) is 1.76. The fraction of sp³-hybridized carbons (Fsp3) is 0.500. The van der Waals surface area contributed by atoms with Gasteiger partial charge in [-0.25, -0.2) is 4.79 Å². The minimum absolute atomic E-state index is 0.0381. The Morgan fingerprint density at radius 2 is 2.35 bits per heavy atom. The molecule has 0 aliphatic carbocycles. The predicted molar refractivity (Wildman–Crippen MR) is 87.5 cm³/mol. The normalized spacial score (nSPS) is 19.6. The number of hydrogen-bond acceptors (Lipinski definition) is 5. The largest absolute Gasteiger partial charge is 0.369 e. The minimum atomic E-state index is -0.142. The number of morpholine rings is 1. The van der Waals surface area contributed by atoms with Crippen molar-refractivity contribution in [3.8, 4) is 0 Å². The number of hydrogen-bond donors (Lipinski definition) is 1. The second kappa shape index (κ2) is 6.72. The molecule has 6 nitrogen and oxygen atoms in total. The fourth-order valence-electron chi connectivity index (χ4n) is 2.94. The number of rotatable bonds is 3. The Kier molecular flexibility index (Phi) is 4.68. The summed E-state index contributed by atoms with van der Waals surface area (Å²) in [6, 6.07) is 3.82. The summed E-state index contributed by atoms with van der Waals surface area (Å²) < 4.78 is 11.0. The van der Waals surface area contributed by atoms with E-state index >= 15 is 0 Å². The highest BCUT2D eigenvalue weighted by Crippen LogP contribution is 2.26. The molecule has 1 N–H and O–H groups in total. The molecule has 124 valence electrons. The summed E-state index contributed by atoms with van der Waals surface area (Å²) in [6.45, 7) is 7.41. The molecule has 7 heteroatoms. The molecular formula is C16H21N3O3S. The number of urea groups is 1. The lowest BCUT2D eigenvalue weighted by Crippen LogP contribution is -2.47. The quantitative estimate of drug-likeness (QED) is 0.935. The van der Waals surface area contributed by atoms with Gasteiger partial charge in [-0.05, 0) is 32.2 Å². The van der Waals surface area contributed by atoms with Crippen LogP contribution in [0.3, 0.4) is 0 Å². The molecule has 0 aromatic carbocycles. The molecule has 3 rings (SSSR count). The number of ether oxygens (including phenoxy) is 1. The maximum atomic E-state index is 12.6. The molecule has 0 radical (unpaired) electrons. The third-order valence-corrected chi connectivity index (χ3v) is 5.04. The minimum Gasteiger partial charge on any atom is -0.369 e. The van der Waals surface area contributed by atoms with Gasteiger partial charge in [-0.15, -0.1) is 11.3 Å². The van der Waals surface area contributed by atoms with Crippen molar-refractivity contribution in [2.24, 2.45) is 0 Å². The Labute approximate surface area is 139 Å². The first-order chi connectivity index (χ1) is 11.1. The van der Waals surface area contributed by atoms with E-state index in [1.807, 2.05) is 43.2 Å². The van der Waals surface area contributed by atoms with Gasteiger partial charge in [0.2, 0.25) is 0 Å². The van der Waals surface area contributed by atoms with Gasteiger partial charge in [0, 0.05) is 17.0 Å². The van der Waals surface area contributed by atoms with Gasteiger partial charge >= 0.3 is 6.03 Å². The van der Waals surface area contributed by atoms with Gasteiger partial charge in [0.15, 0.2) is 0 Å². The molecule has 2 aromatic rings.